The molecular weight excluding hydrogens is 340 g/mol. The van der Waals surface area contributed by atoms with Crippen molar-refractivity contribution in [3.05, 3.63) is 16.0 Å². The van der Waals surface area contributed by atoms with Crippen LogP contribution in [-0.4, -0.2) is 55.7 Å². The number of nitrogens with one attached hydrogen (secondary N) is 1. The van der Waals surface area contributed by atoms with Crippen molar-refractivity contribution >= 4 is 28.2 Å². The molecule has 1 aliphatic carbocycles. The second-order valence-electron chi connectivity index (χ2n) is 6.76. The molecule has 1 saturated heterocycles. The fourth-order valence-corrected chi connectivity index (χ4v) is 4.85. The van der Waals surface area contributed by atoms with E-state index in [9.17, 15) is 9.59 Å². The quantitative estimate of drug-likeness (QED) is 0.830. The molecule has 25 heavy (non-hydrogen) atoms. The van der Waals surface area contributed by atoms with Gasteiger partial charge in [-0.05, 0) is 32.3 Å². The summed E-state index contributed by atoms with van der Waals surface area (Å²) in [6.07, 6.45) is 4.82. The minimum absolute atomic E-state index is 0.0855. The number of aryl methyl sites for hydroxylation is 1. The zero-order valence-corrected chi connectivity index (χ0v) is 15.9. The molecule has 3 rings (SSSR count). The lowest BCUT2D eigenvalue weighted by Crippen LogP contribution is -2.54. The van der Waals surface area contributed by atoms with Crippen LogP contribution in [0.2, 0.25) is 0 Å². The Morgan fingerprint density at radius 2 is 2.08 bits per heavy atom. The Morgan fingerprint density at radius 1 is 1.32 bits per heavy atom. The lowest BCUT2D eigenvalue weighted by Gasteiger charge is -2.43. The molecule has 2 unspecified atom stereocenters. The van der Waals surface area contributed by atoms with E-state index >= 15 is 0 Å². The maximum Gasteiger partial charge on any atom is 0.341 e. The number of amides is 1. The van der Waals surface area contributed by atoms with Gasteiger partial charge in [0.25, 0.3) is 0 Å². The molecule has 6 nitrogen and oxygen atoms in total. The Kier molecular flexibility index (Phi) is 5.76. The van der Waals surface area contributed by atoms with Crippen LogP contribution in [0.25, 0.3) is 0 Å². The molecule has 1 saturated carbocycles. The molecule has 0 spiro atoms. The summed E-state index contributed by atoms with van der Waals surface area (Å²) in [5, 5.41) is 3.51. The lowest BCUT2D eigenvalue weighted by atomic mass is 9.90. The van der Waals surface area contributed by atoms with Crippen molar-refractivity contribution in [1.82, 2.24) is 4.90 Å². The van der Waals surface area contributed by atoms with Gasteiger partial charge in [-0.25, -0.2) is 4.79 Å². The average molecular weight is 366 g/mol. The topological polar surface area (TPSA) is 67.9 Å². The molecule has 0 aromatic carbocycles. The van der Waals surface area contributed by atoms with Crippen molar-refractivity contribution in [2.75, 3.05) is 32.1 Å². The van der Waals surface area contributed by atoms with Crippen molar-refractivity contribution in [3.8, 4) is 0 Å². The number of rotatable bonds is 4. The largest absolute Gasteiger partial charge is 0.465 e. The van der Waals surface area contributed by atoms with Crippen LogP contribution in [-0.2, 0) is 14.3 Å². The van der Waals surface area contributed by atoms with Crippen molar-refractivity contribution < 1.29 is 19.1 Å². The minimum Gasteiger partial charge on any atom is -0.465 e. The second kappa shape index (κ2) is 7.85. The SMILES string of the molecule is COC(=O)c1c(NC(=O)CN2CCOC3CCCCC32)sc(C)c1C. The fourth-order valence-electron chi connectivity index (χ4n) is 3.79. The van der Waals surface area contributed by atoms with E-state index in [4.69, 9.17) is 9.47 Å². The first-order chi connectivity index (χ1) is 12.0. The molecule has 1 aliphatic heterocycles. The number of fused-ring (bicyclic) bond motifs is 1. The van der Waals surface area contributed by atoms with E-state index in [1.54, 1.807) is 0 Å². The zero-order chi connectivity index (χ0) is 18.0. The highest BCUT2D eigenvalue weighted by Gasteiger charge is 2.35. The molecule has 2 atom stereocenters. The van der Waals surface area contributed by atoms with Gasteiger partial charge >= 0.3 is 5.97 Å². The Bertz CT molecular complexity index is 656. The third-order valence-electron chi connectivity index (χ3n) is 5.22. The molecule has 7 heteroatoms. The number of hydrogen-bond donors (Lipinski definition) is 1. The van der Waals surface area contributed by atoms with Gasteiger partial charge in [-0.15, -0.1) is 11.3 Å². The molecule has 1 aromatic heterocycles. The number of morpholine rings is 1. The molecule has 0 radical (unpaired) electrons. The highest BCUT2D eigenvalue weighted by Crippen LogP contribution is 2.33. The number of thiophene rings is 1. The number of nitrogens with zero attached hydrogens (tertiary/aromatic N) is 1. The standard InChI is InChI=1S/C18H26N2O4S/c1-11-12(2)25-17(16(11)18(22)23-3)19-15(21)10-20-8-9-24-14-7-5-4-6-13(14)20/h13-14H,4-10H2,1-3H3,(H,19,21). The Hall–Kier alpha value is -1.44. The predicted molar refractivity (Wildman–Crippen MR) is 97.3 cm³/mol. The molecule has 1 N–H and O–H groups in total. The van der Waals surface area contributed by atoms with Crippen molar-refractivity contribution in [1.29, 1.82) is 0 Å². The third-order valence-corrected chi connectivity index (χ3v) is 6.34. The van der Waals surface area contributed by atoms with Gasteiger partial charge in [0.05, 0.1) is 31.9 Å². The number of carbonyl (C=O) groups is 2. The van der Waals surface area contributed by atoms with E-state index in [0.717, 1.165) is 29.8 Å². The van der Waals surface area contributed by atoms with Crippen LogP contribution in [0.3, 0.4) is 0 Å². The fraction of sp³-hybridized carbons (Fsp3) is 0.667. The van der Waals surface area contributed by atoms with E-state index in [2.05, 4.69) is 10.2 Å². The smallest absolute Gasteiger partial charge is 0.341 e. The van der Waals surface area contributed by atoms with Gasteiger partial charge in [-0.1, -0.05) is 12.8 Å². The molecule has 138 valence electrons. The monoisotopic (exact) mass is 366 g/mol. The van der Waals surface area contributed by atoms with E-state index in [1.165, 1.54) is 31.3 Å². The second-order valence-corrected chi connectivity index (χ2v) is 7.98. The number of methoxy groups -OCH3 is 1. The molecule has 2 heterocycles. The highest BCUT2D eigenvalue weighted by atomic mass is 32.1. The van der Waals surface area contributed by atoms with Crippen LogP contribution in [0, 0.1) is 13.8 Å². The summed E-state index contributed by atoms with van der Waals surface area (Å²) in [7, 11) is 1.36. The highest BCUT2D eigenvalue weighted by molar-refractivity contribution is 7.16. The molecule has 2 aliphatic rings. The maximum atomic E-state index is 12.6. The third kappa shape index (κ3) is 3.88. The average Bonchev–Trinajstić information content (AvgIpc) is 2.88. The molecular formula is C18H26N2O4S. The number of hydrogen-bond acceptors (Lipinski definition) is 6. The maximum absolute atomic E-state index is 12.6. The van der Waals surface area contributed by atoms with Crippen LogP contribution in [0.5, 0.6) is 0 Å². The molecule has 2 fully saturated rings. The van der Waals surface area contributed by atoms with Crippen molar-refractivity contribution in [2.24, 2.45) is 0 Å². The Labute approximate surface area is 152 Å². The van der Waals surface area contributed by atoms with Gasteiger partial charge < -0.3 is 14.8 Å². The summed E-state index contributed by atoms with van der Waals surface area (Å²) in [4.78, 5) is 27.9. The van der Waals surface area contributed by atoms with Gasteiger partial charge in [0.2, 0.25) is 5.91 Å². The normalized spacial score (nSPS) is 23.8. The summed E-state index contributed by atoms with van der Waals surface area (Å²) in [6.45, 7) is 5.61. The van der Waals surface area contributed by atoms with Gasteiger partial charge in [-0.3, -0.25) is 9.69 Å². The van der Waals surface area contributed by atoms with E-state index in [-0.39, 0.29) is 12.0 Å². The number of carbonyl (C=O) groups excluding carboxylic acids is 2. The van der Waals surface area contributed by atoms with Crippen LogP contribution in [0.1, 0.15) is 46.5 Å². The van der Waals surface area contributed by atoms with Crippen LogP contribution in [0.4, 0.5) is 5.00 Å². The summed E-state index contributed by atoms with van der Waals surface area (Å²) >= 11 is 1.42. The minimum atomic E-state index is -0.407. The summed E-state index contributed by atoms with van der Waals surface area (Å²) in [5.41, 5.74) is 1.33. The first kappa shape index (κ1) is 18.4. The molecule has 1 aromatic rings. The van der Waals surface area contributed by atoms with Crippen LogP contribution >= 0.6 is 11.3 Å². The zero-order valence-electron chi connectivity index (χ0n) is 15.1. The van der Waals surface area contributed by atoms with Crippen molar-refractivity contribution in [3.63, 3.8) is 0 Å². The van der Waals surface area contributed by atoms with Gasteiger partial charge in [-0.2, -0.15) is 0 Å². The van der Waals surface area contributed by atoms with Crippen LogP contribution < -0.4 is 5.32 Å². The summed E-state index contributed by atoms with van der Waals surface area (Å²) < 4.78 is 10.7. The predicted octanol–water partition coefficient (Wildman–Crippen LogP) is 2.73. The first-order valence-corrected chi connectivity index (χ1v) is 9.66. The summed E-state index contributed by atoms with van der Waals surface area (Å²) in [5.74, 6) is -0.492. The molecule has 1 amide bonds. The van der Waals surface area contributed by atoms with Crippen molar-refractivity contribution in [2.45, 2.75) is 51.7 Å². The number of ether oxygens (including phenoxy) is 2. The van der Waals surface area contributed by atoms with Gasteiger partial charge in [0, 0.05) is 17.5 Å². The summed E-state index contributed by atoms with van der Waals surface area (Å²) in [6, 6.07) is 0.333. The lowest BCUT2D eigenvalue weighted by molar-refractivity contribution is -0.124. The number of esters is 1. The molecule has 0 bridgehead atoms. The Balaban J connectivity index is 1.68. The Morgan fingerprint density at radius 3 is 2.84 bits per heavy atom. The number of anilines is 1. The van der Waals surface area contributed by atoms with E-state index in [1.807, 2.05) is 13.8 Å². The first-order valence-electron chi connectivity index (χ1n) is 8.85. The van der Waals surface area contributed by atoms with Crippen LogP contribution in [0.15, 0.2) is 0 Å². The van der Waals surface area contributed by atoms with E-state index in [0.29, 0.717) is 29.8 Å². The van der Waals surface area contributed by atoms with E-state index < -0.39 is 5.97 Å². The van der Waals surface area contributed by atoms with Gasteiger partial charge in [0.15, 0.2) is 0 Å². The van der Waals surface area contributed by atoms with Gasteiger partial charge in [0.1, 0.15) is 5.00 Å².